The van der Waals surface area contributed by atoms with Gasteiger partial charge in [0, 0.05) is 0 Å². The van der Waals surface area contributed by atoms with Gasteiger partial charge in [-0.25, -0.2) is 0 Å². The SMILES string of the molecule is ClC1=C(Cl)[C@@]2(Cl)[C@H]3C4CC([C@H]3[C@@]1(Cl)C2(Cl)Cl)[C@@H]1[C@H]4[C@@]2(Cl)C(Cl)=C(Cl)[C@@]1(Cl)C2(Cl)Cl. The van der Waals surface area contributed by atoms with Crippen molar-refractivity contribution in [1.82, 2.24) is 0 Å². The molecule has 2 unspecified atom stereocenters. The monoisotopic (exact) mass is 632 g/mol. The highest BCUT2D eigenvalue weighted by Gasteiger charge is 2.94. The van der Waals surface area contributed by atoms with Gasteiger partial charge in [0.2, 0.25) is 0 Å². The van der Waals surface area contributed by atoms with Crippen molar-refractivity contribution in [2.75, 3.05) is 0 Å². The molecule has 0 aromatic carbocycles. The smallest absolute Gasteiger partial charge is 0.109 e. The van der Waals surface area contributed by atoms with E-state index in [1.54, 1.807) is 0 Å². The highest BCUT2D eigenvalue weighted by atomic mass is 35.5. The van der Waals surface area contributed by atoms with E-state index in [1.807, 2.05) is 0 Å². The molecule has 29 heavy (non-hydrogen) atoms. The number of allylic oxidation sites excluding steroid dienone is 4. The van der Waals surface area contributed by atoms with E-state index in [0.29, 0.717) is 6.42 Å². The fourth-order valence-corrected chi connectivity index (χ4v) is 14.0. The van der Waals surface area contributed by atoms with Crippen molar-refractivity contribution in [1.29, 1.82) is 0 Å². The van der Waals surface area contributed by atoms with Crippen molar-refractivity contribution in [3.8, 4) is 0 Å². The Balaban J connectivity index is 1.62. The zero-order chi connectivity index (χ0) is 21.5. The first-order valence-corrected chi connectivity index (χ1v) is 13.3. The van der Waals surface area contributed by atoms with Crippen LogP contribution in [0.4, 0.5) is 0 Å². The molecular weight excluding hydrogens is 630 g/mol. The van der Waals surface area contributed by atoms with Gasteiger partial charge in [0.05, 0.1) is 20.1 Å². The minimum Gasteiger partial charge on any atom is -0.109 e. The summed E-state index contributed by atoms with van der Waals surface area (Å²) in [6.45, 7) is 0. The molecule has 0 heterocycles. The van der Waals surface area contributed by atoms with Gasteiger partial charge < -0.3 is 0 Å². The maximum absolute atomic E-state index is 7.09. The van der Waals surface area contributed by atoms with Gasteiger partial charge in [-0.1, -0.05) is 92.8 Å². The van der Waals surface area contributed by atoms with Crippen LogP contribution in [0.15, 0.2) is 20.1 Å². The Morgan fingerprint density at radius 3 is 0.862 bits per heavy atom. The van der Waals surface area contributed by atoms with E-state index in [9.17, 15) is 0 Å². The maximum Gasteiger partial charge on any atom is 0.166 e. The molecule has 4 fully saturated rings. The number of fused-ring (bicyclic) bond motifs is 16. The molecule has 0 radical (unpaired) electrons. The molecule has 0 aliphatic heterocycles. The van der Waals surface area contributed by atoms with Gasteiger partial charge in [0.1, 0.15) is 19.5 Å². The van der Waals surface area contributed by atoms with E-state index in [2.05, 4.69) is 0 Å². The second-order valence-electron chi connectivity index (χ2n) is 8.92. The molecule has 160 valence electrons. The minimum absolute atomic E-state index is 0.128. The molecule has 6 aliphatic rings. The Morgan fingerprint density at radius 1 is 0.448 bits per heavy atom. The van der Waals surface area contributed by atoms with Crippen molar-refractivity contribution in [2.45, 2.75) is 34.6 Å². The lowest BCUT2D eigenvalue weighted by molar-refractivity contribution is 0.0959. The molecule has 4 saturated carbocycles. The van der Waals surface area contributed by atoms with Crippen LogP contribution in [0.1, 0.15) is 6.42 Å². The molecule has 0 spiro atoms. The Morgan fingerprint density at radius 2 is 0.655 bits per heavy atom. The van der Waals surface area contributed by atoms with E-state index in [-0.39, 0.29) is 55.6 Å². The van der Waals surface area contributed by atoms with Gasteiger partial charge in [-0.15, -0.1) is 46.4 Å². The Bertz CT molecular complexity index is 825. The van der Waals surface area contributed by atoms with E-state index in [1.165, 1.54) is 0 Å². The van der Waals surface area contributed by atoms with Crippen molar-refractivity contribution in [3.63, 3.8) is 0 Å². The summed E-state index contributed by atoms with van der Waals surface area (Å²) in [4.78, 5) is -5.49. The first-order valence-electron chi connectivity index (χ1n) is 8.74. The number of hydrogen-bond donors (Lipinski definition) is 0. The van der Waals surface area contributed by atoms with E-state index < -0.39 is 28.2 Å². The summed E-state index contributed by atoms with van der Waals surface area (Å²) in [5.41, 5.74) is 0. The van der Waals surface area contributed by atoms with Crippen molar-refractivity contribution in [2.24, 2.45) is 35.5 Å². The zero-order valence-electron chi connectivity index (χ0n) is 13.7. The number of alkyl halides is 8. The lowest BCUT2D eigenvalue weighted by Gasteiger charge is -2.49. The third kappa shape index (κ3) is 1.72. The van der Waals surface area contributed by atoms with Crippen LogP contribution in [0.2, 0.25) is 0 Å². The van der Waals surface area contributed by atoms with Crippen LogP contribution in [0.25, 0.3) is 0 Å². The standard InChI is InChI=1S/C17H8Cl12/c18-8-10(20)14(24)6-3-1-2(4(6)12(8,22)16(14,26)27)5-7(3)15(25)11(21)9(19)13(5,23)17(15,28)29/h2-7H,1H2/t2?,3?,4-,5-,6+,7+,12-,13+,14-,15+. The molecule has 0 aromatic rings. The van der Waals surface area contributed by atoms with Gasteiger partial charge in [0.25, 0.3) is 0 Å². The first-order chi connectivity index (χ1) is 13.1. The van der Waals surface area contributed by atoms with Gasteiger partial charge in [-0.3, -0.25) is 0 Å². The summed E-state index contributed by atoms with van der Waals surface area (Å²) in [7, 11) is 0. The molecule has 0 saturated heterocycles. The Labute approximate surface area is 227 Å². The maximum atomic E-state index is 7.09. The largest absolute Gasteiger partial charge is 0.166 e. The molecule has 0 N–H and O–H groups in total. The fraction of sp³-hybridized carbons (Fsp3) is 0.765. The summed E-state index contributed by atoms with van der Waals surface area (Å²) in [6, 6.07) is 0. The van der Waals surface area contributed by atoms with E-state index in [4.69, 9.17) is 139 Å². The fourth-order valence-electron chi connectivity index (χ4n) is 7.72. The van der Waals surface area contributed by atoms with Gasteiger partial charge in [-0.2, -0.15) is 0 Å². The van der Waals surface area contributed by atoms with Crippen LogP contribution in [-0.4, -0.2) is 28.2 Å². The lowest BCUT2D eigenvalue weighted by Crippen LogP contribution is -2.51. The van der Waals surface area contributed by atoms with Gasteiger partial charge in [-0.05, 0) is 41.9 Å². The Kier molecular flexibility index (Phi) is 4.39. The van der Waals surface area contributed by atoms with Crippen molar-refractivity contribution >= 4 is 139 Å². The second-order valence-corrected chi connectivity index (χ2v) is 15.5. The van der Waals surface area contributed by atoms with Crippen LogP contribution in [-0.2, 0) is 0 Å². The predicted molar refractivity (Wildman–Crippen MR) is 126 cm³/mol. The Hall–Kier alpha value is 2.96. The minimum atomic E-state index is -1.62. The summed E-state index contributed by atoms with van der Waals surface area (Å²) < 4.78 is -3.25. The average Bonchev–Trinajstić information content (AvgIpc) is 3.33. The number of rotatable bonds is 0. The van der Waals surface area contributed by atoms with E-state index >= 15 is 0 Å². The molecular formula is C17H8Cl12. The zero-order valence-corrected chi connectivity index (χ0v) is 22.8. The normalized spacial score (nSPS) is 62.5. The van der Waals surface area contributed by atoms with Crippen molar-refractivity contribution in [3.05, 3.63) is 20.1 Å². The highest BCUT2D eigenvalue weighted by Crippen LogP contribution is 2.90. The summed E-state index contributed by atoms with van der Waals surface area (Å²) in [5.74, 6) is -1.48. The number of halogens is 12. The molecule has 0 amide bonds. The third-order valence-corrected chi connectivity index (χ3v) is 17.1. The quantitative estimate of drug-likeness (QED) is 0.184. The molecule has 6 bridgehead atoms. The molecule has 0 aromatic heterocycles. The second kappa shape index (κ2) is 5.68. The highest BCUT2D eigenvalue weighted by molar-refractivity contribution is 6.67. The summed E-state index contributed by atoms with van der Waals surface area (Å²) >= 11 is 81.8. The van der Waals surface area contributed by atoms with Crippen molar-refractivity contribution < 1.29 is 0 Å². The summed E-state index contributed by atoms with van der Waals surface area (Å²) in [6.07, 6.45) is 0.715. The third-order valence-electron chi connectivity index (χ3n) is 8.49. The van der Waals surface area contributed by atoms with Crippen LogP contribution < -0.4 is 0 Å². The molecule has 6 rings (SSSR count). The predicted octanol–water partition coefficient (Wildman–Crippen LogP) is 8.79. The van der Waals surface area contributed by atoms with Crippen LogP contribution >= 0.6 is 139 Å². The molecule has 10 atom stereocenters. The van der Waals surface area contributed by atoms with Crippen LogP contribution in [0, 0.1) is 35.5 Å². The number of hydrogen-bond acceptors (Lipinski definition) is 0. The molecule has 0 nitrogen and oxygen atoms in total. The van der Waals surface area contributed by atoms with Crippen LogP contribution in [0.5, 0.6) is 0 Å². The summed E-state index contributed by atoms with van der Waals surface area (Å²) in [5, 5.41) is 0.671. The van der Waals surface area contributed by atoms with Gasteiger partial charge in [0.15, 0.2) is 8.67 Å². The van der Waals surface area contributed by atoms with Gasteiger partial charge >= 0.3 is 0 Å². The first kappa shape index (κ1) is 22.4. The average molecular weight is 638 g/mol. The lowest BCUT2D eigenvalue weighted by atomic mass is 9.61. The van der Waals surface area contributed by atoms with Crippen LogP contribution in [0.3, 0.4) is 0 Å². The topological polar surface area (TPSA) is 0 Å². The molecule has 12 heteroatoms. The molecule has 6 aliphatic carbocycles. The van der Waals surface area contributed by atoms with E-state index in [0.717, 1.165) is 0 Å².